The van der Waals surface area contributed by atoms with Gasteiger partial charge in [0.05, 0.1) is 11.1 Å². The maximum atomic E-state index is 11.6. The van der Waals surface area contributed by atoms with Gasteiger partial charge in [-0.2, -0.15) is 0 Å². The van der Waals surface area contributed by atoms with Crippen molar-refractivity contribution in [2.45, 2.75) is 0 Å². The molecule has 214 valence electrons. The minimum Gasteiger partial charge on any atom is -0.506 e. The lowest BCUT2D eigenvalue weighted by atomic mass is 9.93. The van der Waals surface area contributed by atoms with Crippen molar-refractivity contribution in [3.05, 3.63) is 190 Å². The Kier molecular flexibility index (Phi) is 8.96. The normalized spacial score (nSPS) is 9.65. The van der Waals surface area contributed by atoms with E-state index in [1.807, 2.05) is 121 Å². The summed E-state index contributed by atoms with van der Waals surface area (Å²) in [5.41, 5.74) is 6.11. The highest BCUT2D eigenvalue weighted by Gasteiger charge is 2.17. The molecule has 0 spiro atoms. The lowest BCUT2D eigenvalue weighted by Crippen LogP contribution is -1.92. The molecule has 0 unspecified atom stereocenters. The summed E-state index contributed by atoms with van der Waals surface area (Å²) < 4.78 is 0. The highest BCUT2D eigenvalue weighted by Crippen LogP contribution is 2.40. The predicted molar refractivity (Wildman–Crippen MR) is 185 cm³/mol. The van der Waals surface area contributed by atoms with E-state index in [1.165, 1.54) is 0 Å². The van der Waals surface area contributed by atoms with E-state index >= 15 is 0 Å². The van der Waals surface area contributed by atoms with Crippen molar-refractivity contribution < 1.29 is 10.2 Å². The van der Waals surface area contributed by atoms with Crippen LogP contribution in [0.15, 0.2) is 146 Å². The molecule has 0 atom stereocenters. The van der Waals surface area contributed by atoms with Crippen molar-refractivity contribution in [3.8, 4) is 70.0 Å². The van der Waals surface area contributed by atoms with Gasteiger partial charge in [-0.1, -0.05) is 120 Å². The zero-order valence-corrected chi connectivity index (χ0v) is 24.8. The Morgan fingerprint density at radius 2 is 0.543 bits per heavy atom. The van der Waals surface area contributed by atoms with Gasteiger partial charge in [0.15, 0.2) is 0 Å². The van der Waals surface area contributed by atoms with Crippen LogP contribution in [0.2, 0.25) is 0 Å². The van der Waals surface area contributed by atoms with E-state index in [9.17, 15) is 10.2 Å². The van der Waals surface area contributed by atoms with E-state index in [0.717, 1.165) is 22.3 Å². The van der Waals surface area contributed by atoms with Crippen LogP contribution in [0.25, 0.3) is 11.1 Å². The lowest BCUT2D eigenvalue weighted by molar-refractivity contribution is 0.467. The molecule has 0 heterocycles. The van der Waals surface area contributed by atoms with Crippen molar-refractivity contribution in [1.82, 2.24) is 0 Å². The first-order chi connectivity index (χ1) is 22.6. The highest BCUT2D eigenvalue weighted by molar-refractivity contribution is 5.83. The Morgan fingerprint density at radius 1 is 0.283 bits per heavy atom. The van der Waals surface area contributed by atoms with Crippen LogP contribution < -0.4 is 0 Å². The van der Waals surface area contributed by atoms with Crippen LogP contribution in [0.3, 0.4) is 0 Å². The van der Waals surface area contributed by atoms with E-state index in [2.05, 4.69) is 47.4 Å². The van der Waals surface area contributed by atoms with Crippen LogP contribution in [0.4, 0.5) is 0 Å². The van der Waals surface area contributed by atoms with Gasteiger partial charge in [0, 0.05) is 44.5 Å². The fourth-order valence-electron chi connectivity index (χ4n) is 4.67. The number of phenols is 2. The third-order valence-corrected chi connectivity index (χ3v) is 6.99. The molecule has 2 nitrogen and oxygen atoms in total. The highest BCUT2D eigenvalue weighted by atomic mass is 16.3. The zero-order valence-electron chi connectivity index (χ0n) is 24.8. The van der Waals surface area contributed by atoms with Crippen molar-refractivity contribution >= 4 is 0 Å². The molecule has 0 aromatic heterocycles. The van der Waals surface area contributed by atoms with Crippen molar-refractivity contribution in [2.75, 3.05) is 0 Å². The summed E-state index contributed by atoms with van der Waals surface area (Å²) in [6, 6.07) is 45.5. The number of hydrogen-bond donors (Lipinski definition) is 2. The van der Waals surface area contributed by atoms with Gasteiger partial charge in [0.2, 0.25) is 0 Å². The second kappa shape index (κ2) is 14.1. The number of hydrogen-bond acceptors (Lipinski definition) is 2. The minimum absolute atomic E-state index is 0.0703. The van der Waals surface area contributed by atoms with Gasteiger partial charge in [-0.05, 0) is 72.8 Å². The second-order valence-electron chi connectivity index (χ2n) is 10.3. The summed E-state index contributed by atoms with van der Waals surface area (Å²) in [7, 11) is 0. The van der Waals surface area contributed by atoms with Crippen molar-refractivity contribution in [3.63, 3.8) is 0 Å². The maximum Gasteiger partial charge on any atom is 0.139 e. The molecular formula is C44H26O2. The van der Waals surface area contributed by atoms with Crippen LogP contribution in [-0.2, 0) is 0 Å². The first-order valence-electron chi connectivity index (χ1n) is 14.6. The van der Waals surface area contributed by atoms with E-state index in [1.54, 1.807) is 24.3 Å². The summed E-state index contributed by atoms with van der Waals surface area (Å²) in [6.45, 7) is 0. The second-order valence-corrected chi connectivity index (χ2v) is 10.3. The molecule has 2 N–H and O–H groups in total. The molecule has 0 aliphatic heterocycles. The predicted octanol–water partition coefficient (Wildman–Crippen LogP) is 8.36. The summed E-state index contributed by atoms with van der Waals surface area (Å²) in [4.78, 5) is 0. The molecule has 0 amide bonds. The molecule has 0 aliphatic carbocycles. The van der Waals surface area contributed by atoms with E-state index in [0.29, 0.717) is 33.4 Å². The molecule has 6 rings (SSSR count). The van der Waals surface area contributed by atoms with Gasteiger partial charge in [0.25, 0.3) is 0 Å². The third kappa shape index (κ3) is 7.38. The SMILES string of the molecule is Oc1c(C#Cc2ccccc2)cc(C#Cc2ccccc2)cc1-c1cc(C#Cc2ccccc2)cc(C#Cc2ccccc2)c1O. The van der Waals surface area contributed by atoms with Crippen LogP contribution in [-0.4, -0.2) is 10.2 Å². The van der Waals surface area contributed by atoms with Crippen molar-refractivity contribution in [2.24, 2.45) is 0 Å². The average molecular weight is 587 g/mol. The molecule has 0 bridgehead atoms. The number of rotatable bonds is 1. The first kappa shape index (κ1) is 29.2. The number of phenolic OH excluding ortho intramolecular Hbond substituents is 2. The molecule has 6 aromatic rings. The Morgan fingerprint density at radius 3 is 0.848 bits per heavy atom. The summed E-state index contributed by atoms with van der Waals surface area (Å²) >= 11 is 0. The van der Waals surface area contributed by atoms with E-state index in [4.69, 9.17) is 0 Å². The van der Waals surface area contributed by atoms with Gasteiger partial charge in [-0.25, -0.2) is 0 Å². The molecule has 0 fully saturated rings. The molecule has 0 aliphatic rings. The summed E-state index contributed by atoms with van der Waals surface area (Å²) in [5.74, 6) is 25.1. The summed E-state index contributed by atoms with van der Waals surface area (Å²) in [6.07, 6.45) is 0. The molecule has 46 heavy (non-hydrogen) atoms. The van der Waals surface area contributed by atoms with Gasteiger partial charge >= 0.3 is 0 Å². The molecule has 0 saturated carbocycles. The molecule has 2 heteroatoms. The van der Waals surface area contributed by atoms with Gasteiger partial charge < -0.3 is 10.2 Å². The average Bonchev–Trinajstić information content (AvgIpc) is 3.11. The smallest absolute Gasteiger partial charge is 0.139 e. The molecule has 0 radical (unpaired) electrons. The number of benzene rings is 6. The van der Waals surface area contributed by atoms with E-state index < -0.39 is 0 Å². The first-order valence-corrected chi connectivity index (χ1v) is 14.6. The molecule has 6 aromatic carbocycles. The largest absolute Gasteiger partial charge is 0.506 e. The fraction of sp³-hybridized carbons (Fsp3) is 0. The quantitative estimate of drug-likeness (QED) is 0.190. The zero-order chi connectivity index (χ0) is 31.6. The lowest BCUT2D eigenvalue weighted by Gasteiger charge is -2.12. The van der Waals surface area contributed by atoms with Gasteiger partial charge in [0.1, 0.15) is 11.5 Å². The Hall–Kier alpha value is -6.84. The van der Waals surface area contributed by atoms with Gasteiger partial charge in [-0.3, -0.25) is 0 Å². The molecular weight excluding hydrogens is 560 g/mol. The molecule has 0 saturated heterocycles. The van der Waals surface area contributed by atoms with Crippen LogP contribution >= 0.6 is 0 Å². The van der Waals surface area contributed by atoms with Crippen molar-refractivity contribution in [1.29, 1.82) is 0 Å². The van der Waals surface area contributed by atoms with E-state index in [-0.39, 0.29) is 11.5 Å². The van der Waals surface area contributed by atoms with Crippen LogP contribution in [0, 0.1) is 47.4 Å². The summed E-state index contributed by atoms with van der Waals surface area (Å²) in [5, 5.41) is 23.2. The standard InChI is InChI=1S/C44H26O2/c45-43-39(27-25-35-17-9-3-10-18-35)29-37(23-21-33-13-5-1-6-14-33)31-41(43)42-32-38(24-22-34-15-7-2-8-16-34)30-40(44(42)46)28-26-36-19-11-4-12-20-36/h1-20,29-32,45-46H. The Balaban J connectivity index is 1.54. The third-order valence-electron chi connectivity index (χ3n) is 6.99. The Bertz CT molecular complexity index is 2090. The minimum atomic E-state index is -0.0703. The fourth-order valence-corrected chi connectivity index (χ4v) is 4.67. The number of aromatic hydroxyl groups is 2. The maximum absolute atomic E-state index is 11.6. The van der Waals surface area contributed by atoms with Crippen LogP contribution in [0.5, 0.6) is 11.5 Å². The Labute approximate surface area is 269 Å². The monoisotopic (exact) mass is 586 g/mol. The topological polar surface area (TPSA) is 40.5 Å². The van der Waals surface area contributed by atoms with Crippen LogP contribution in [0.1, 0.15) is 44.5 Å². The van der Waals surface area contributed by atoms with Gasteiger partial charge in [-0.15, -0.1) is 0 Å².